The molecule has 3 aromatic carbocycles. The molecule has 1 N–H and O–H groups in total. The molecule has 0 saturated heterocycles. The van der Waals surface area contributed by atoms with E-state index in [2.05, 4.69) is 10.4 Å². The van der Waals surface area contributed by atoms with Gasteiger partial charge in [0.1, 0.15) is 23.3 Å². The van der Waals surface area contributed by atoms with Gasteiger partial charge in [-0.25, -0.2) is 0 Å². The summed E-state index contributed by atoms with van der Waals surface area (Å²) in [4.78, 5) is 28.1. The first kappa shape index (κ1) is 25.8. The van der Waals surface area contributed by atoms with Crippen molar-refractivity contribution in [2.24, 2.45) is 0 Å². The van der Waals surface area contributed by atoms with E-state index in [1.54, 1.807) is 28.8 Å². The summed E-state index contributed by atoms with van der Waals surface area (Å²) in [5, 5.41) is 16.9. The van der Waals surface area contributed by atoms with Gasteiger partial charge in [0.05, 0.1) is 43.2 Å². The van der Waals surface area contributed by atoms with Gasteiger partial charge in [-0.3, -0.25) is 14.3 Å². The maximum Gasteiger partial charge on any atom is 0.278 e. The Morgan fingerprint density at radius 3 is 2.49 bits per heavy atom. The van der Waals surface area contributed by atoms with Gasteiger partial charge >= 0.3 is 0 Å². The fourth-order valence-corrected chi connectivity index (χ4v) is 4.71. The molecule has 0 spiro atoms. The number of hydrogen-bond donors (Lipinski definition) is 1. The van der Waals surface area contributed by atoms with Crippen molar-refractivity contribution in [3.05, 3.63) is 99.8 Å². The third-order valence-corrected chi connectivity index (χ3v) is 6.84. The summed E-state index contributed by atoms with van der Waals surface area (Å²) in [6.45, 7) is 0.920. The van der Waals surface area contributed by atoms with Gasteiger partial charge in [0, 0.05) is 17.8 Å². The summed E-state index contributed by atoms with van der Waals surface area (Å²) in [6, 6.07) is 20.0. The van der Waals surface area contributed by atoms with Gasteiger partial charge in [-0.1, -0.05) is 29.8 Å². The van der Waals surface area contributed by atoms with Gasteiger partial charge in [-0.2, -0.15) is 10.4 Å². The number of amides is 2. The molecule has 1 aliphatic heterocycles. The van der Waals surface area contributed by atoms with Crippen LogP contribution in [0.25, 0.3) is 0 Å². The third-order valence-electron chi connectivity index (χ3n) is 6.52. The van der Waals surface area contributed by atoms with Crippen LogP contribution in [-0.2, 0) is 13.0 Å². The minimum absolute atomic E-state index is 0.239. The summed E-state index contributed by atoms with van der Waals surface area (Å²) < 4.78 is 12.0. The normalized spacial score (nSPS) is 12.5. The van der Waals surface area contributed by atoms with E-state index in [4.69, 9.17) is 21.1 Å². The van der Waals surface area contributed by atoms with Crippen LogP contribution in [0.5, 0.6) is 11.5 Å². The lowest BCUT2D eigenvalue weighted by atomic mass is 10.0. The van der Waals surface area contributed by atoms with E-state index in [1.807, 2.05) is 48.5 Å². The highest BCUT2D eigenvalue weighted by molar-refractivity contribution is 6.32. The molecule has 5 rings (SSSR count). The molecular formula is C29H24ClN5O4. The zero-order valence-corrected chi connectivity index (χ0v) is 22.0. The lowest BCUT2D eigenvalue weighted by Crippen LogP contribution is -2.41. The molecule has 0 atom stereocenters. The lowest BCUT2D eigenvalue weighted by Gasteiger charge is -2.28. The molecule has 0 aliphatic carbocycles. The van der Waals surface area contributed by atoms with Crippen molar-refractivity contribution < 1.29 is 19.1 Å². The maximum atomic E-state index is 13.5. The van der Waals surface area contributed by atoms with Crippen LogP contribution in [0.15, 0.2) is 66.9 Å². The van der Waals surface area contributed by atoms with Crippen molar-refractivity contribution in [2.45, 2.75) is 13.0 Å². The first-order valence-electron chi connectivity index (χ1n) is 12.1. The van der Waals surface area contributed by atoms with E-state index in [0.717, 1.165) is 16.8 Å². The monoisotopic (exact) mass is 541 g/mol. The van der Waals surface area contributed by atoms with Crippen molar-refractivity contribution in [3.8, 4) is 17.6 Å². The second kappa shape index (κ2) is 10.9. The Morgan fingerprint density at radius 1 is 1.03 bits per heavy atom. The summed E-state index contributed by atoms with van der Waals surface area (Å²) in [7, 11) is 3.04. The Kier molecular flexibility index (Phi) is 7.21. The number of nitrogens with one attached hydrogen (secondary N) is 1. The summed E-state index contributed by atoms with van der Waals surface area (Å²) in [6.07, 6.45) is 2.15. The molecule has 0 fully saturated rings. The summed E-state index contributed by atoms with van der Waals surface area (Å²) >= 11 is 6.13. The molecule has 4 aromatic rings. The number of halogens is 1. The topological polar surface area (TPSA) is 109 Å². The van der Waals surface area contributed by atoms with E-state index >= 15 is 0 Å². The summed E-state index contributed by atoms with van der Waals surface area (Å²) in [5.41, 5.74) is 3.97. The number of carbonyl (C=O) groups is 2. The second-order valence-electron chi connectivity index (χ2n) is 8.88. The lowest BCUT2D eigenvalue weighted by molar-refractivity contribution is 0.0963. The Hall–Kier alpha value is -4.81. The fourth-order valence-electron chi connectivity index (χ4n) is 4.52. The average molecular weight is 542 g/mol. The van der Waals surface area contributed by atoms with Gasteiger partial charge in [-0.05, 0) is 60.0 Å². The number of aromatic nitrogens is 2. The molecule has 10 heteroatoms. The maximum absolute atomic E-state index is 13.5. The standard InChI is InChI=1S/C29H24ClN5O4/c1-38-25-10-6-20(15-21(25)16-31)28(36)33-24-17-32-35-12-11-34(29(37)27(24)35)22-7-3-18(4-8-22)13-19-5-9-23(30)26(14-19)39-2/h3-10,14-15,17H,11-13H2,1-2H3,(H,33,36). The second-order valence-corrected chi connectivity index (χ2v) is 9.29. The third kappa shape index (κ3) is 5.15. The molecule has 2 heterocycles. The van der Waals surface area contributed by atoms with Gasteiger partial charge in [-0.15, -0.1) is 0 Å². The summed E-state index contributed by atoms with van der Waals surface area (Å²) in [5.74, 6) is 0.276. The number of hydrogen-bond acceptors (Lipinski definition) is 6. The van der Waals surface area contributed by atoms with Gasteiger partial charge in [0.15, 0.2) is 0 Å². The molecule has 0 radical (unpaired) electrons. The number of rotatable bonds is 7. The average Bonchev–Trinajstić information content (AvgIpc) is 3.37. The van der Waals surface area contributed by atoms with Crippen LogP contribution >= 0.6 is 11.6 Å². The number of ether oxygens (including phenoxy) is 2. The highest BCUT2D eigenvalue weighted by atomic mass is 35.5. The van der Waals surface area contributed by atoms with Crippen LogP contribution < -0.4 is 19.7 Å². The SMILES string of the molecule is COc1cc(Cc2ccc(N3CCn4ncc(NC(=O)c5ccc(OC)c(C#N)c5)c4C3=O)cc2)ccc1Cl. The highest BCUT2D eigenvalue weighted by Gasteiger charge is 2.30. The van der Waals surface area contributed by atoms with Crippen LogP contribution in [-0.4, -0.2) is 42.4 Å². The van der Waals surface area contributed by atoms with Crippen LogP contribution in [0.1, 0.15) is 37.5 Å². The Bertz CT molecular complexity index is 1610. The highest BCUT2D eigenvalue weighted by Crippen LogP contribution is 2.29. The molecule has 1 aliphatic rings. The van der Waals surface area contributed by atoms with Crippen LogP contribution in [0.4, 0.5) is 11.4 Å². The minimum atomic E-state index is -0.460. The van der Waals surface area contributed by atoms with Crippen LogP contribution in [0, 0.1) is 11.3 Å². The van der Waals surface area contributed by atoms with E-state index in [0.29, 0.717) is 47.4 Å². The van der Waals surface area contributed by atoms with E-state index in [-0.39, 0.29) is 17.0 Å². The number of nitrogens with zero attached hydrogens (tertiary/aromatic N) is 4. The number of methoxy groups -OCH3 is 2. The Morgan fingerprint density at radius 2 is 1.77 bits per heavy atom. The largest absolute Gasteiger partial charge is 0.495 e. The number of carbonyl (C=O) groups excluding carboxylic acids is 2. The number of fused-ring (bicyclic) bond motifs is 1. The quantitative estimate of drug-likeness (QED) is 0.355. The van der Waals surface area contributed by atoms with Crippen LogP contribution in [0.2, 0.25) is 5.02 Å². The van der Waals surface area contributed by atoms with E-state index < -0.39 is 5.91 Å². The first-order valence-corrected chi connectivity index (χ1v) is 12.5. The number of nitriles is 1. The molecule has 1 aromatic heterocycles. The van der Waals surface area contributed by atoms with E-state index in [1.165, 1.54) is 19.4 Å². The van der Waals surface area contributed by atoms with Gasteiger partial charge < -0.3 is 19.7 Å². The molecule has 2 amide bonds. The van der Waals surface area contributed by atoms with Gasteiger partial charge in [0.2, 0.25) is 0 Å². The Labute approximate surface area is 230 Å². The molecule has 0 unspecified atom stereocenters. The van der Waals surface area contributed by atoms with Gasteiger partial charge in [0.25, 0.3) is 11.8 Å². The van der Waals surface area contributed by atoms with Crippen molar-refractivity contribution in [3.63, 3.8) is 0 Å². The fraction of sp³-hybridized carbons (Fsp3) is 0.172. The minimum Gasteiger partial charge on any atom is -0.495 e. The Balaban J connectivity index is 1.32. The molecule has 39 heavy (non-hydrogen) atoms. The van der Waals surface area contributed by atoms with E-state index in [9.17, 15) is 14.9 Å². The molecule has 0 bridgehead atoms. The van der Waals surface area contributed by atoms with Crippen molar-refractivity contribution in [1.82, 2.24) is 9.78 Å². The van der Waals surface area contributed by atoms with Crippen molar-refractivity contribution in [2.75, 3.05) is 31.0 Å². The molecular weight excluding hydrogens is 518 g/mol. The number of anilines is 2. The predicted octanol–water partition coefficient (Wildman–Crippen LogP) is 4.93. The van der Waals surface area contributed by atoms with Crippen molar-refractivity contribution in [1.29, 1.82) is 5.26 Å². The zero-order chi connectivity index (χ0) is 27.5. The molecule has 196 valence electrons. The zero-order valence-electron chi connectivity index (χ0n) is 21.3. The van der Waals surface area contributed by atoms with Crippen LogP contribution in [0.3, 0.4) is 0 Å². The van der Waals surface area contributed by atoms with Crippen molar-refractivity contribution >= 4 is 34.8 Å². The predicted molar refractivity (Wildman–Crippen MR) is 147 cm³/mol. The smallest absolute Gasteiger partial charge is 0.278 e. The first-order chi connectivity index (χ1) is 18.9. The molecule has 0 saturated carbocycles. The number of benzene rings is 3. The molecule has 9 nitrogen and oxygen atoms in total.